The van der Waals surface area contributed by atoms with E-state index in [1.54, 1.807) is 22.8 Å². The molecule has 0 bridgehead atoms. The van der Waals surface area contributed by atoms with Crippen LogP contribution in [0.1, 0.15) is 46.1 Å². The number of hydrogen-bond donors (Lipinski definition) is 0. The van der Waals surface area contributed by atoms with E-state index in [0.29, 0.717) is 11.7 Å². The largest absolute Gasteiger partial charge is 0.329 e. The lowest BCUT2D eigenvalue weighted by Gasteiger charge is -2.39. The Balaban J connectivity index is 1.51. The fourth-order valence-corrected chi connectivity index (χ4v) is 4.52. The Kier molecular flexibility index (Phi) is 5.20. The van der Waals surface area contributed by atoms with Gasteiger partial charge >= 0.3 is 0 Å². The summed E-state index contributed by atoms with van der Waals surface area (Å²) in [4.78, 5) is 16.2. The molecule has 7 nitrogen and oxygen atoms in total. The molecule has 168 valence electrons. The molecule has 33 heavy (non-hydrogen) atoms. The summed E-state index contributed by atoms with van der Waals surface area (Å²) in [6.07, 6.45) is 3.00. The minimum atomic E-state index is -0.823. The van der Waals surface area contributed by atoms with E-state index >= 15 is 0 Å². The molecule has 1 aliphatic heterocycles. The second-order valence-corrected chi connectivity index (χ2v) is 8.30. The molecule has 10 heteroatoms. The maximum atomic E-state index is 14.2. The van der Waals surface area contributed by atoms with Gasteiger partial charge in [-0.1, -0.05) is 35.9 Å². The van der Waals surface area contributed by atoms with Crippen LogP contribution in [0.15, 0.2) is 54.9 Å². The van der Waals surface area contributed by atoms with E-state index in [-0.39, 0.29) is 29.2 Å². The van der Waals surface area contributed by atoms with Gasteiger partial charge in [0, 0.05) is 31.1 Å². The van der Waals surface area contributed by atoms with Crippen LogP contribution in [0, 0.1) is 11.6 Å². The first-order valence-corrected chi connectivity index (χ1v) is 10.7. The first kappa shape index (κ1) is 21.3. The number of rotatable bonds is 3. The number of carbonyl (C=O) groups is 1. The average Bonchev–Trinajstić information content (AvgIpc) is 3.41. The van der Waals surface area contributed by atoms with Crippen molar-refractivity contribution in [1.29, 1.82) is 0 Å². The molecule has 2 atom stereocenters. The number of aryl methyl sites for hydroxylation is 1. The van der Waals surface area contributed by atoms with Crippen molar-refractivity contribution in [3.63, 3.8) is 0 Å². The van der Waals surface area contributed by atoms with E-state index in [2.05, 4.69) is 15.3 Å². The summed E-state index contributed by atoms with van der Waals surface area (Å²) in [5, 5.41) is 12.9. The standard InChI is InChI=1S/C23H19ClF2N6O/c1-13-15-5-3-4-6-16(15)18(17-10-27-30(2)22(17)24)12-31(13)23(33)20-11-28-32(29-20)21-8-7-14(25)9-19(21)26/h3-11,13,18H,12H2,1-2H3. The Bertz CT molecular complexity index is 1370. The monoisotopic (exact) mass is 468 g/mol. The molecule has 0 aliphatic carbocycles. The fourth-order valence-electron chi connectivity index (χ4n) is 4.30. The van der Waals surface area contributed by atoms with Crippen molar-refractivity contribution < 1.29 is 13.6 Å². The van der Waals surface area contributed by atoms with Gasteiger partial charge in [-0.25, -0.2) is 8.78 Å². The van der Waals surface area contributed by atoms with E-state index in [4.69, 9.17) is 11.6 Å². The minimum absolute atomic E-state index is 0.0486. The smallest absolute Gasteiger partial charge is 0.276 e. The lowest BCUT2D eigenvalue weighted by molar-refractivity contribution is 0.0658. The first-order chi connectivity index (χ1) is 15.8. The van der Waals surface area contributed by atoms with Crippen LogP contribution in [0.4, 0.5) is 8.78 Å². The van der Waals surface area contributed by atoms with Crippen molar-refractivity contribution in [1.82, 2.24) is 29.7 Å². The number of fused-ring (bicyclic) bond motifs is 1. The van der Waals surface area contributed by atoms with Crippen LogP contribution in [0.3, 0.4) is 0 Å². The molecule has 1 aliphatic rings. The molecule has 0 saturated heterocycles. The normalized spacial score (nSPS) is 17.8. The van der Waals surface area contributed by atoms with Crippen LogP contribution >= 0.6 is 11.6 Å². The van der Waals surface area contributed by atoms with Crippen molar-refractivity contribution in [2.75, 3.05) is 6.54 Å². The van der Waals surface area contributed by atoms with Gasteiger partial charge in [0.05, 0.1) is 18.4 Å². The SMILES string of the molecule is CC1c2ccccc2C(c2cnn(C)c2Cl)CN1C(=O)c1cnn(-c2ccc(F)cc2F)n1. The summed E-state index contributed by atoms with van der Waals surface area (Å²) in [6.45, 7) is 2.31. The van der Waals surface area contributed by atoms with E-state index in [0.717, 1.165) is 33.6 Å². The quantitative estimate of drug-likeness (QED) is 0.450. The van der Waals surface area contributed by atoms with Crippen LogP contribution in [0.25, 0.3) is 5.69 Å². The van der Waals surface area contributed by atoms with Crippen molar-refractivity contribution in [2.45, 2.75) is 18.9 Å². The fraction of sp³-hybridized carbons (Fsp3) is 0.217. The Morgan fingerprint density at radius 1 is 1.06 bits per heavy atom. The van der Waals surface area contributed by atoms with Crippen LogP contribution in [-0.2, 0) is 7.05 Å². The number of aromatic nitrogens is 5. The van der Waals surface area contributed by atoms with E-state index in [1.165, 1.54) is 12.3 Å². The number of carbonyl (C=O) groups excluding carboxylic acids is 1. The third-order valence-electron chi connectivity index (χ3n) is 6.03. The molecule has 0 spiro atoms. The molecular weight excluding hydrogens is 450 g/mol. The van der Waals surface area contributed by atoms with Crippen LogP contribution in [0.5, 0.6) is 0 Å². The van der Waals surface area contributed by atoms with Crippen LogP contribution in [0.2, 0.25) is 5.15 Å². The zero-order valence-corrected chi connectivity index (χ0v) is 18.5. The molecule has 2 unspecified atom stereocenters. The first-order valence-electron chi connectivity index (χ1n) is 10.3. The van der Waals surface area contributed by atoms with Gasteiger partial charge in [-0.15, -0.1) is 9.90 Å². The van der Waals surface area contributed by atoms with E-state index < -0.39 is 11.6 Å². The zero-order chi connectivity index (χ0) is 23.3. The summed E-state index contributed by atoms with van der Waals surface area (Å²) in [6, 6.07) is 10.8. The summed E-state index contributed by atoms with van der Waals surface area (Å²) >= 11 is 6.50. The molecular formula is C23H19ClF2N6O. The highest BCUT2D eigenvalue weighted by Gasteiger charge is 2.36. The van der Waals surface area contributed by atoms with E-state index in [9.17, 15) is 13.6 Å². The number of nitrogens with zero attached hydrogens (tertiary/aromatic N) is 6. The Labute approximate surface area is 193 Å². The summed E-state index contributed by atoms with van der Waals surface area (Å²) < 4.78 is 29.0. The molecule has 5 rings (SSSR count). The van der Waals surface area contributed by atoms with Gasteiger partial charge in [0.15, 0.2) is 11.5 Å². The van der Waals surface area contributed by atoms with Crippen molar-refractivity contribution in [2.24, 2.45) is 7.05 Å². The molecule has 0 radical (unpaired) electrons. The molecule has 3 heterocycles. The molecule has 1 amide bonds. The molecule has 2 aromatic heterocycles. The number of benzene rings is 2. The molecule has 4 aromatic rings. The summed E-state index contributed by atoms with van der Waals surface area (Å²) in [7, 11) is 1.76. The van der Waals surface area contributed by atoms with Crippen LogP contribution < -0.4 is 0 Å². The van der Waals surface area contributed by atoms with Crippen molar-refractivity contribution in [3.8, 4) is 5.69 Å². The Morgan fingerprint density at radius 3 is 2.52 bits per heavy atom. The van der Waals surface area contributed by atoms with Gasteiger partial charge in [0.2, 0.25) is 0 Å². The number of amides is 1. The minimum Gasteiger partial charge on any atom is -0.329 e. The predicted octanol–water partition coefficient (Wildman–Crippen LogP) is 4.28. The molecule has 0 saturated carbocycles. The second-order valence-electron chi connectivity index (χ2n) is 7.94. The van der Waals surface area contributed by atoms with Gasteiger partial charge in [-0.3, -0.25) is 9.48 Å². The molecule has 0 fully saturated rings. The maximum absolute atomic E-state index is 14.2. The van der Waals surface area contributed by atoms with Crippen molar-refractivity contribution >= 4 is 17.5 Å². The van der Waals surface area contributed by atoms with E-state index in [1.807, 2.05) is 31.2 Å². The molecule has 2 aromatic carbocycles. The van der Waals surface area contributed by atoms with Gasteiger partial charge in [-0.2, -0.15) is 10.2 Å². The zero-order valence-electron chi connectivity index (χ0n) is 17.8. The Morgan fingerprint density at radius 2 is 1.82 bits per heavy atom. The van der Waals surface area contributed by atoms with Gasteiger partial charge in [0.25, 0.3) is 5.91 Å². The maximum Gasteiger partial charge on any atom is 0.276 e. The Hall–Kier alpha value is -3.59. The third kappa shape index (κ3) is 3.58. The number of hydrogen-bond acceptors (Lipinski definition) is 4. The highest BCUT2D eigenvalue weighted by Crippen LogP contribution is 2.41. The van der Waals surface area contributed by atoms with Gasteiger partial charge < -0.3 is 4.90 Å². The van der Waals surface area contributed by atoms with Gasteiger partial charge in [-0.05, 0) is 30.2 Å². The predicted molar refractivity (Wildman–Crippen MR) is 117 cm³/mol. The lowest BCUT2D eigenvalue weighted by Crippen LogP contribution is -2.41. The highest BCUT2D eigenvalue weighted by molar-refractivity contribution is 6.30. The summed E-state index contributed by atoms with van der Waals surface area (Å²) in [5.41, 5.74) is 2.92. The lowest BCUT2D eigenvalue weighted by atomic mass is 9.82. The third-order valence-corrected chi connectivity index (χ3v) is 6.50. The second kappa shape index (κ2) is 8.08. The van der Waals surface area contributed by atoms with Crippen molar-refractivity contribution in [3.05, 3.63) is 94.0 Å². The summed E-state index contributed by atoms with van der Waals surface area (Å²) in [5.74, 6) is -2.06. The average molecular weight is 469 g/mol. The van der Waals surface area contributed by atoms with Gasteiger partial charge in [0.1, 0.15) is 16.7 Å². The topological polar surface area (TPSA) is 68.8 Å². The van der Waals surface area contributed by atoms with Crippen LogP contribution in [-0.4, -0.2) is 42.1 Å². The number of halogens is 3. The molecule has 0 N–H and O–H groups in total. The highest BCUT2D eigenvalue weighted by atomic mass is 35.5.